The molecule has 5 nitrogen and oxygen atoms in total. The van der Waals surface area contributed by atoms with Crippen molar-refractivity contribution in [1.82, 2.24) is 20.1 Å². The van der Waals surface area contributed by atoms with Crippen molar-refractivity contribution in [3.8, 4) is 0 Å². The number of ether oxygens (including phenoxy) is 1. The number of hydrogen-bond acceptors (Lipinski definition) is 4. The first-order chi connectivity index (χ1) is 7.36. The van der Waals surface area contributed by atoms with Crippen LogP contribution in [0.3, 0.4) is 0 Å². The number of hydrogen-bond donors (Lipinski definition) is 1. The molecule has 0 aromatic carbocycles. The van der Waals surface area contributed by atoms with Crippen LogP contribution in [0.25, 0.3) is 0 Å². The van der Waals surface area contributed by atoms with Gasteiger partial charge >= 0.3 is 0 Å². The van der Waals surface area contributed by atoms with E-state index in [0.29, 0.717) is 6.61 Å². The molecule has 0 atom stereocenters. The van der Waals surface area contributed by atoms with Crippen LogP contribution < -0.4 is 5.32 Å². The van der Waals surface area contributed by atoms with Crippen LogP contribution in [0.4, 0.5) is 0 Å². The minimum atomic E-state index is 0.706. The molecule has 0 aliphatic carbocycles. The van der Waals surface area contributed by atoms with Crippen LogP contribution in [0.15, 0.2) is 6.33 Å². The van der Waals surface area contributed by atoms with Crippen molar-refractivity contribution in [2.75, 3.05) is 19.8 Å². The van der Waals surface area contributed by atoms with E-state index in [1.807, 2.05) is 4.68 Å². The second-order valence-corrected chi connectivity index (χ2v) is 3.32. The van der Waals surface area contributed by atoms with E-state index in [0.717, 1.165) is 38.5 Å². The molecule has 0 bridgehead atoms. The van der Waals surface area contributed by atoms with Gasteiger partial charge in [0.15, 0.2) is 5.82 Å². The fraction of sp³-hybridized carbons (Fsp3) is 0.800. The van der Waals surface area contributed by atoms with E-state index in [9.17, 15) is 0 Å². The molecule has 1 aromatic rings. The van der Waals surface area contributed by atoms with E-state index in [2.05, 4.69) is 29.2 Å². The molecule has 0 saturated carbocycles. The molecule has 0 spiro atoms. The summed E-state index contributed by atoms with van der Waals surface area (Å²) in [6, 6.07) is 0. The van der Waals surface area contributed by atoms with Gasteiger partial charge in [-0.3, -0.25) is 4.68 Å². The molecule has 0 fully saturated rings. The van der Waals surface area contributed by atoms with Crippen molar-refractivity contribution < 1.29 is 4.74 Å². The summed E-state index contributed by atoms with van der Waals surface area (Å²) >= 11 is 0. The topological polar surface area (TPSA) is 52.0 Å². The molecule has 0 radical (unpaired) electrons. The molecule has 5 heteroatoms. The lowest BCUT2D eigenvalue weighted by Crippen LogP contribution is -2.13. The first-order valence-electron chi connectivity index (χ1n) is 5.53. The summed E-state index contributed by atoms with van der Waals surface area (Å²) in [7, 11) is 0. The third kappa shape index (κ3) is 4.90. The molecule has 0 aliphatic rings. The third-order valence-corrected chi connectivity index (χ3v) is 1.93. The molecule has 15 heavy (non-hydrogen) atoms. The Morgan fingerprint density at radius 2 is 2.27 bits per heavy atom. The van der Waals surface area contributed by atoms with Gasteiger partial charge in [-0.15, -0.1) is 0 Å². The zero-order valence-corrected chi connectivity index (χ0v) is 9.57. The number of nitrogens with zero attached hydrogens (tertiary/aromatic N) is 3. The Bertz CT molecular complexity index is 262. The molecule has 86 valence electrons. The minimum Gasteiger partial charge on any atom is -0.380 e. The van der Waals surface area contributed by atoms with E-state index in [1.165, 1.54) is 0 Å². The average Bonchev–Trinajstić information content (AvgIpc) is 2.69. The van der Waals surface area contributed by atoms with Gasteiger partial charge in [-0.1, -0.05) is 13.8 Å². The monoisotopic (exact) mass is 212 g/mol. The Morgan fingerprint density at radius 3 is 3.00 bits per heavy atom. The number of nitrogens with one attached hydrogen (secondary N) is 1. The van der Waals surface area contributed by atoms with Gasteiger partial charge in [-0.25, -0.2) is 4.98 Å². The Hall–Kier alpha value is -0.940. The predicted octanol–water partition coefficient (Wildman–Crippen LogP) is 0.814. The Morgan fingerprint density at radius 1 is 1.40 bits per heavy atom. The zero-order valence-electron chi connectivity index (χ0n) is 9.57. The largest absolute Gasteiger partial charge is 0.380 e. The molecule has 1 heterocycles. The van der Waals surface area contributed by atoms with Crippen molar-refractivity contribution in [3.63, 3.8) is 0 Å². The highest BCUT2D eigenvalue weighted by molar-refractivity contribution is 4.80. The normalized spacial score (nSPS) is 10.8. The molecule has 0 unspecified atom stereocenters. The summed E-state index contributed by atoms with van der Waals surface area (Å²) < 4.78 is 7.19. The lowest BCUT2D eigenvalue weighted by molar-refractivity contribution is 0.124. The summed E-state index contributed by atoms with van der Waals surface area (Å²) in [5.41, 5.74) is 0. The Labute approximate surface area is 90.8 Å². The molecule has 0 aliphatic heterocycles. The van der Waals surface area contributed by atoms with Gasteiger partial charge in [-0.05, 0) is 13.0 Å². The molecule has 1 rings (SSSR count). The van der Waals surface area contributed by atoms with Gasteiger partial charge in [0.25, 0.3) is 0 Å². The van der Waals surface area contributed by atoms with Crippen LogP contribution in [0.2, 0.25) is 0 Å². The summed E-state index contributed by atoms with van der Waals surface area (Å²) in [4.78, 5) is 4.19. The van der Waals surface area contributed by atoms with Gasteiger partial charge in [0.05, 0.1) is 19.7 Å². The lowest BCUT2D eigenvalue weighted by atomic mass is 10.5. The van der Waals surface area contributed by atoms with E-state index >= 15 is 0 Å². The van der Waals surface area contributed by atoms with Crippen LogP contribution in [0, 0.1) is 0 Å². The smallest absolute Gasteiger partial charge is 0.164 e. The van der Waals surface area contributed by atoms with E-state index in [1.54, 1.807) is 6.33 Å². The highest BCUT2D eigenvalue weighted by Gasteiger charge is 1.99. The van der Waals surface area contributed by atoms with E-state index in [4.69, 9.17) is 4.74 Å². The first-order valence-corrected chi connectivity index (χ1v) is 5.53. The van der Waals surface area contributed by atoms with Crippen LogP contribution in [0.5, 0.6) is 0 Å². The van der Waals surface area contributed by atoms with Crippen LogP contribution in [0.1, 0.15) is 26.1 Å². The maximum absolute atomic E-state index is 5.37. The number of aromatic nitrogens is 3. The molecule has 0 saturated heterocycles. The van der Waals surface area contributed by atoms with Crippen LogP contribution in [-0.4, -0.2) is 34.5 Å². The fourth-order valence-electron chi connectivity index (χ4n) is 1.16. The average molecular weight is 212 g/mol. The van der Waals surface area contributed by atoms with E-state index in [-0.39, 0.29) is 0 Å². The van der Waals surface area contributed by atoms with Crippen molar-refractivity contribution in [1.29, 1.82) is 0 Å². The standard InChI is InChI=1S/C10H20N4O/c1-3-6-15-7-5-14-9-12-10(13-14)8-11-4-2/h9,11H,3-8H2,1-2H3. The lowest BCUT2D eigenvalue weighted by Gasteiger charge is -2.01. The highest BCUT2D eigenvalue weighted by Crippen LogP contribution is 1.90. The maximum Gasteiger partial charge on any atom is 0.164 e. The van der Waals surface area contributed by atoms with Gasteiger partial charge < -0.3 is 10.1 Å². The summed E-state index contributed by atoms with van der Waals surface area (Å²) in [6.07, 6.45) is 2.81. The quantitative estimate of drug-likeness (QED) is 0.648. The second-order valence-electron chi connectivity index (χ2n) is 3.32. The molecular formula is C10H20N4O. The second kappa shape index (κ2) is 7.36. The molecule has 1 N–H and O–H groups in total. The van der Waals surface area contributed by atoms with Gasteiger partial charge in [0.2, 0.25) is 0 Å². The highest BCUT2D eigenvalue weighted by atomic mass is 16.5. The van der Waals surface area contributed by atoms with Crippen LogP contribution in [-0.2, 0) is 17.8 Å². The minimum absolute atomic E-state index is 0.706. The Balaban J connectivity index is 2.20. The third-order valence-electron chi connectivity index (χ3n) is 1.93. The molecule has 1 aromatic heterocycles. The first kappa shape index (κ1) is 12.1. The van der Waals surface area contributed by atoms with Crippen molar-refractivity contribution in [3.05, 3.63) is 12.2 Å². The maximum atomic E-state index is 5.37. The van der Waals surface area contributed by atoms with Crippen molar-refractivity contribution in [2.45, 2.75) is 33.4 Å². The zero-order chi connectivity index (χ0) is 10.9. The summed E-state index contributed by atoms with van der Waals surface area (Å²) in [5.74, 6) is 0.840. The molecular weight excluding hydrogens is 192 g/mol. The summed E-state index contributed by atoms with van der Waals surface area (Å²) in [6.45, 7) is 8.14. The SMILES string of the molecule is CCCOCCn1cnc(CNCC)n1. The van der Waals surface area contributed by atoms with E-state index < -0.39 is 0 Å². The number of rotatable bonds is 8. The summed E-state index contributed by atoms with van der Waals surface area (Å²) in [5, 5.41) is 7.49. The van der Waals surface area contributed by atoms with Gasteiger partial charge in [0, 0.05) is 6.61 Å². The Kier molecular flexibility index (Phi) is 5.96. The predicted molar refractivity (Wildman–Crippen MR) is 58.5 cm³/mol. The fourth-order valence-corrected chi connectivity index (χ4v) is 1.16. The molecule has 0 amide bonds. The van der Waals surface area contributed by atoms with Gasteiger partial charge in [0.1, 0.15) is 6.33 Å². The van der Waals surface area contributed by atoms with Crippen LogP contribution >= 0.6 is 0 Å². The van der Waals surface area contributed by atoms with Gasteiger partial charge in [-0.2, -0.15) is 5.10 Å². The van der Waals surface area contributed by atoms with Crippen molar-refractivity contribution >= 4 is 0 Å². The van der Waals surface area contributed by atoms with Crippen molar-refractivity contribution in [2.24, 2.45) is 0 Å².